The molecule has 0 aliphatic rings. The van der Waals surface area contributed by atoms with Gasteiger partial charge in [-0.05, 0) is 19.9 Å². The van der Waals surface area contributed by atoms with E-state index >= 15 is 0 Å². The van der Waals surface area contributed by atoms with Gasteiger partial charge >= 0.3 is 5.97 Å². The molecule has 15 heavy (non-hydrogen) atoms. The summed E-state index contributed by atoms with van der Waals surface area (Å²) in [6, 6.07) is 0. The summed E-state index contributed by atoms with van der Waals surface area (Å²) in [7, 11) is 4.37. The molecule has 0 spiro atoms. The predicted octanol–water partition coefficient (Wildman–Crippen LogP) is 1.04. The van der Waals surface area contributed by atoms with Crippen LogP contribution in [0.25, 0.3) is 0 Å². The average Bonchev–Trinajstić information content (AvgIpc) is 2.24. The van der Waals surface area contributed by atoms with Gasteiger partial charge in [0, 0.05) is 26.9 Å². The van der Waals surface area contributed by atoms with Crippen LogP contribution in [0.2, 0.25) is 0 Å². The van der Waals surface area contributed by atoms with E-state index in [4.69, 9.17) is 19.3 Å². The topological polar surface area (TPSA) is 65.0 Å². The van der Waals surface area contributed by atoms with E-state index in [0.29, 0.717) is 0 Å². The van der Waals surface area contributed by atoms with Gasteiger partial charge in [-0.25, -0.2) is 4.79 Å². The van der Waals surface area contributed by atoms with Gasteiger partial charge in [0.15, 0.2) is 0 Å². The van der Waals surface area contributed by atoms with Crippen LogP contribution in [0.5, 0.6) is 0 Å². The maximum Gasteiger partial charge on any atom is 0.331 e. The molecule has 0 aromatic rings. The molecule has 0 aliphatic heterocycles. The smallest absolute Gasteiger partial charge is 0.331 e. The Morgan fingerprint density at radius 2 is 1.80 bits per heavy atom. The maximum atomic E-state index is 10.7. The predicted molar refractivity (Wildman–Crippen MR) is 54.6 cm³/mol. The summed E-state index contributed by atoms with van der Waals surface area (Å²) in [4.78, 5) is 10.7. The number of methoxy groups -OCH3 is 3. The summed E-state index contributed by atoms with van der Waals surface area (Å²) in [5, 5.41) is 8.77. The zero-order valence-corrected chi connectivity index (χ0v) is 9.73. The Labute approximate surface area is 89.6 Å². The van der Waals surface area contributed by atoms with Gasteiger partial charge < -0.3 is 19.3 Å². The molecule has 0 amide bonds. The van der Waals surface area contributed by atoms with E-state index in [2.05, 4.69) is 0 Å². The largest absolute Gasteiger partial charge is 0.478 e. The lowest BCUT2D eigenvalue weighted by molar-refractivity contribution is -0.228. The Balaban J connectivity index is 5.11. The van der Waals surface area contributed by atoms with Crippen molar-refractivity contribution in [3.63, 3.8) is 0 Å². The van der Waals surface area contributed by atoms with Crippen LogP contribution in [0.3, 0.4) is 0 Å². The second-order valence-corrected chi connectivity index (χ2v) is 3.14. The molecule has 0 fully saturated rings. The third-order valence-corrected chi connectivity index (χ3v) is 2.31. The van der Waals surface area contributed by atoms with Crippen molar-refractivity contribution in [3.05, 3.63) is 11.6 Å². The zero-order valence-electron chi connectivity index (χ0n) is 9.73. The molecule has 0 radical (unpaired) electrons. The molecule has 0 saturated heterocycles. The first-order valence-electron chi connectivity index (χ1n) is 4.49. The number of rotatable bonds is 6. The molecule has 0 aromatic carbocycles. The number of hydrogen-bond acceptors (Lipinski definition) is 4. The minimum atomic E-state index is -1.17. The van der Waals surface area contributed by atoms with Crippen molar-refractivity contribution in [1.29, 1.82) is 0 Å². The molecular weight excluding hydrogens is 200 g/mol. The SMILES string of the molecule is COC(C)C(C=C(C)C(=O)O)(OC)OC. The number of carbonyl (C=O) groups is 1. The van der Waals surface area contributed by atoms with Crippen molar-refractivity contribution >= 4 is 5.97 Å². The minimum Gasteiger partial charge on any atom is -0.478 e. The summed E-state index contributed by atoms with van der Waals surface area (Å²) in [5.41, 5.74) is 0.141. The zero-order chi connectivity index (χ0) is 12.1. The first kappa shape index (κ1) is 14.1. The van der Waals surface area contributed by atoms with Crippen molar-refractivity contribution in [3.8, 4) is 0 Å². The molecule has 1 unspecified atom stereocenters. The van der Waals surface area contributed by atoms with Crippen LogP contribution in [0.4, 0.5) is 0 Å². The van der Waals surface area contributed by atoms with Crippen molar-refractivity contribution < 1.29 is 24.1 Å². The fourth-order valence-corrected chi connectivity index (χ4v) is 1.18. The molecule has 0 heterocycles. The fraction of sp³-hybridized carbons (Fsp3) is 0.700. The third-order valence-electron chi connectivity index (χ3n) is 2.31. The van der Waals surface area contributed by atoms with E-state index in [-0.39, 0.29) is 5.57 Å². The molecule has 0 saturated carbocycles. The summed E-state index contributed by atoms with van der Waals surface area (Å²) < 4.78 is 15.4. The first-order valence-corrected chi connectivity index (χ1v) is 4.49. The number of hydrogen-bond donors (Lipinski definition) is 1. The summed E-state index contributed by atoms with van der Waals surface area (Å²) in [5.74, 6) is -2.19. The molecule has 1 atom stereocenters. The van der Waals surface area contributed by atoms with Crippen LogP contribution in [-0.4, -0.2) is 44.3 Å². The summed E-state index contributed by atoms with van der Waals surface area (Å²) >= 11 is 0. The quantitative estimate of drug-likeness (QED) is 0.533. The Morgan fingerprint density at radius 3 is 2.07 bits per heavy atom. The van der Waals surface area contributed by atoms with Crippen LogP contribution in [0.15, 0.2) is 11.6 Å². The maximum absolute atomic E-state index is 10.7. The highest BCUT2D eigenvalue weighted by molar-refractivity contribution is 5.85. The Hall–Kier alpha value is -0.910. The minimum absolute atomic E-state index is 0.141. The van der Waals surface area contributed by atoms with E-state index in [1.165, 1.54) is 34.3 Å². The van der Waals surface area contributed by atoms with E-state index in [0.717, 1.165) is 0 Å². The fourth-order valence-electron chi connectivity index (χ4n) is 1.18. The second kappa shape index (κ2) is 5.85. The first-order chi connectivity index (χ1) is 6.93. The number of carboxylic acid groups (broad SMARTS) is 1. The highest BCUT2D eigenvalue weighted by Gasteiger charge is 2.35. The van der Waals surface area contributed by atoms with Crippen molar-refractivity contribution in [1.82, 2.24) is 0 Å². The van der Waals surface area contributed by atoms with E-state index in [1.807, 2.05) is 0 Å². The number of carboxylic acids is 1. The van der Waals surface area contributed by atoms with Gasteiger partial charge in [-0.3, -0.25) is 0 Å². The Kier molecular flexibility index (Phi) is 5.49. The Bertz CT molecular complexity index is 242. The molecule has 5 heteroatoms. The lowest BCUT2D eigenvalue weighted by Gasteiger charge is -2.32. The van der Waals surface area contributed by atoms with Crippen LogP contribution in [0.1, 0.15) is 13.8 Å². The Morgan fingerprint density at radius 1 is 1.33 bits per heavy atom. The van der Waals surface area contributed by atoms with Gasteiger partial charge in [-0.15, -0.1) is 0 Å². The van der Waals surface area contributed by atoms with Crippen molar-refractivity contribution in [2.45, 2.75) is 25.7 Å². The summed E-state index contributed by atoms with van der Waals surface area (Å²) in [6.07, 6.45) is 0.977. The lowest BCUT2D eigenvalue weighted by Crippen LogP contribution is -2.44. The molecule has 1 N–H and O–H groups in total. The summed E-state index contributed by atoms with van der Waals surface area (Å²) in [6.45, 7) is 3.20. The van der Waals surface area contributed by atoms with E-state index in [1.54, 1.807) is 6.92 Å². The third kappa shape index (κ3) is 3.30. The molecular formula is C10H18O5. The molecule has 0 bridgehead atoms. The normalized spacial score (nSPS) is 15.1. The monoisotopic (exact) mass is 218 g/mol. The molecule has 88 valence electrons. The highest BCUT2D eigenvalue weighted by atomic mass is 16.7. The number of aliphatic carboxylic acids is 1. The molecule has 5 nitrogen and oxygen atoms in total. The van der Waals surface area contributed by atoms with Gasteiger partial charge in [0.1, 0.15) is 6.10 Å². The van der Waals surface area contributed by atoms with Crippen LogP contribution in [0, 0.1) is 0 Å². The average molecular weight is 218 g/mol. The van der Waals surface area contributed by atoms with Gasteiger partial charge in [0.2, 0.25) is 5.79 Å². The van der Waals surface area contributed by atoms with Crippen molar-refractivity contribution in [2.24, 2.45) is 0 Å². The van der Waals surface area contributed by atoms with Gasteiger partial charge in [-0.2, -0.15) is 0 Å². The van der Waals surface area contributed by atoms with Gasteiger partial charge in [-0.1, -0.05) is 0 Å². The second-order valence-electron chi connectivity index (χ2n) is 3.14. The highest BCUT2D eigenvalue weighted by Crippen LogP contribution is 2.22. The van der Waals surface area contributed by atoms with Gasteiger partial charge in [0.05, 0.1) is 0 Å². The number of ether oxygens (including phenoxy) is 3. The molecule has 0 aliphatic carbocycles. The molecule has 0 aromatic heterocycles. The van der Waals surface area contributed by atoms with E-state index in [9.17, 15) is 4.79 Å². The lowest BCUT2D eigenvalue weighted by atomic mass is 10.1. The molecule has 0 rings (SSSR count). The van der Waals surface area contributed by atoms with E-state index < -0.39 is 17.9 Å². The van der Waals surface area contributed by atoms with Gasteiger partial charge in [0.25, 0.3) is 0 Å². The van der Waals surface area contributed by atoms with Crippen LogP contribution < -0.4 is 0 Å². The van der Waals surface area contributed by atoms with Crippen LogP contribution in [-0.2, 0) is 19.0 Å². The van der Waals surface area contributed by atoms with Crippen molar-refractivity contribution in [2.75, 3.05) is 21.3 Å². The van der Waals surface area contributed by atoms with Crippen LogP contribution >= 0.6 is 0 Å². The standard InChI is InChI=1S/C10H18O5/c1-7(9(11)12)6-10(14-4,15-5)8(2)13-3/h6,8H,1-5H3,(H,11,12).